The molecule has 0 aromatic heterocycles. The van der Waals surface area contributed by atoms with Gasteiger partial charge in [0.2, 0.25) is 0 Å². The quantitative estimate of drug-likeness (QED) is 0.731. The lowest BCUT2D eigenvalue weighted by molar-refractivity contribution is -0.144. The largest absolute Gasteiger partial charge is 0.494 e. The van der Waals surface area contributed by atoms with E-state index in [1.165, 1.54) is 0 Å². The van der Waals surface area contributed by atoms with Crippen molar-refractivity contribution >= 4 is 17.6 Å². The summed E-state index contributed by atoms with van der Waals surface area (Å²) in [4.78, 5) is 13.7. The Bertz CT molecular complexity index is 549. The number of nitrogens with zero attached hydrogens (tertiary/aromatic N) is 1. The summed E-state index contributed by atoms with van der Waals surface area (Å²) < 4.78 is 5.82. The van der Waals surface area contributed by atoms with Crippen molar-refractivity contribution in [3.05, 3.63) is 28.8 Å². The summed E-state index contributed by atoms with van der Waals surface area (Å²) in [6.07, 6.45) is 4.88. The number of rotatable bonds is 8. The zero-order valence-corrected chi connectivity index (χ0v) is 15.4. The maximum absolute atomic E-state index is 11.4. The zero-order valence-electron chi connectivity index (χ0n) is 14.6. The molecule has 0 radical (unpaired) electrons. The molecule has 134 valence electrons. The monoisotopic (exact) mass is 353 g/mol. The molecule has 1 aliphatic rings. The van der Waals surface area contributed by atoms with Crippen LogP contribution >= 0.6 is 11.6 Å². The number of hydrogen-bond donors (Lipinski definition) is 1. The van der Waals surface area contributed by atoms with Crippen LogP contribution in [0.2, 0.25) is 5.02 Å². The van der Waals surface area contributed by atoms with Gasteiger partial charge in [-0.3, -0.25) is 9.69 Å². The maximum atomic E-state index is 11.4. The Morgan fingerprint density at radius 3 is 2.92 bits per heavy atom. The third-order valence-corrected chi connectivity index (χ3v) is 4.94. The van der Waals surface area contributed by atoms with Gasteiger partial charge < -0.3 is 9.84 Å². The van der Waals surface area contributed by atoms with Gasteiger partial charge in [-0.15, -0.1) is 0 Å². The predicted octanol–water partition coefficient (Wildman–Crippen LogP) is 4.77. The normalized spacial score (nSPS) is 19.9. The Hall–Kier alpha value is -1.26. The van der Waals surface area contributed by atoms with E-state index in [-0.39, 0.29) is 12.0 Å². The fourth-order valence-corrected chi connectivity index (χ4v) is 3.67. The molecule has 2 atom stereocenters. The first-order chi connectivity index (χ1) is 11.6. The van der Waals surface area contributed by atoms with Crippen LogP contribution in [0.25, 0.3) is 0 Å². The third-order valence-electron chi connectivity index (χ3n) is 4.70. The topological polar surface area (TPSA) is 49.8 Å². The molecule has 0 saturated carbocycles. The molecule has 0 amide bonds. The number of carboxylic acids is 1. The number of aliphatic carboxylic acids is 1. The summed E-state index contributed by atoms with van der Waals surface area (Å²) >= 11 is 6.24. The number of ether oxygens (including phenoxy) is 1. The Morgan fingerprint density at radius 2 is 2.25 bits per heavy atom. The van der Waals surface area contributed by atoms with Crippen molar-refractivity contribution in [2.75, 3.05) is 19.7 Å². The molecule has 4 nitrogen and oxygen atoms in total. The standard InChI is InChI=1S/C19H28ClNO3/c1-3-5-8-17(21-11-6-7-14(13-21)19(22)23)16-12-15(20)9-10-18(16)24-4-2/h9-10,12,14,17H,3-8,11,13H2,1-2H3,(H,22,23). The van der Waals surface area contributed by atoms with Gasteiger partial charge in [0, 0.05) is 23.2 Å². The zero-order chi connectivity index (χ0) is 17.5. The molecule has 0 spiro atoms. The minimum atomic E-state index is -0.690. The number of hydrogen-bond acceptors (Lipinski definition) is 3. The average Bonchev–Trinajstić information content (AvgIpc) is 2.58. The van der Waals surface area contributed by atoms with Crippen molar-refractivity contribution in [3.63, 3.8) is 0 Å². The van der Waals surface area contributed by atoms with Gasteiger partial charge in [0.15, 0.2) is 0 Å². The Kier molecular flexibility index (Phi) is 7.38. The molecular formula is C19H28ClNO3. The summed E-state index contributed by atoms with van der Waals surface area (Å²) in [5.74, 6) is -0.108. The van der Waals surface area contributed by atoms with Crippen molar-refractivity contribution in [2.45, 2.75) is 52.0 Å². The number of carboxylic acid groups (broad SMARTS) is 1. The number of unbranched alkanes of at least 4 members (excludes halogenated alkanes) is 1. The lowest BCUT2D eigenvalue weighted by Crippen LogP contribution is -2.41. The summed E-state index contributed by atoms with van der Waals surface area (Å²) in [6.45, 7) is 6.28. The highest BCUT2D eigenvalue weighted by Gasteiger charge is 2.31. The third kappa shape index (κ3) is 4.87. The van der Waals surface area contributed by atoms with Crippen molar-refractivity contribution in [1.29, 1.82) is 0 Å². The van der Waals surface area contributed by atoms with Crippen molar-refractivity contribution in [2.24, 2.45) is 5.92 Å². The molecule has 1 saturated heterocycles. The van der Waals surface area contributed by atoms with Crippen LogP contribution in [-0.4, -0.2) is 35.7 Å². The van der Waals surface area contributed by atoms with Crippen LogP contribution in [0, 0.1) is 5.92 Å². The van der Waals surface area contributed by atoms with Gasteiger partial charge in [-0.05, 0) is 50.9 Å². The SMILES string of the molecule is CCCCC(c1cc(Cl)ccc1OCC)N1CCCC(C(=O)O)C1. The molecule has 1 heterocycles. The van der Waals surface area contributed by atoms with Gasteiger partial charge >= 0.3 is 5.97 Å². The van der Waals surface area contributed by atoms with Gasteiger partial charge in [-0.1, -0.05) is 31.4 Å². The van der Waals surface area contributed by atoms with E-state index in [1.54, 1.807) is 0 Å². The summed E-state index contributed by atoms with van der Waals surface area (Å²) in [5, 5.41) is 10.1. The second kappa shape index (κ2) is 9.28. The summed E-state index contributed by atoms with van der Waals surface area (Å²) in [7, 11) is 0. The molecule has 1 aromatic carbocycles. The van der Waals surface area contributed by atoms with E-state index in [9.17, 15) is 9.90 Å². The molecular weight excluding hydrogens is 326 g/mol. The molecule has 0 bridgehead atoms. The van der Waals surface area contributed by atoms with Gasteiger partial charge in [0.1, 0.15) is 5.75 Å². The first-order valence-electron chi connectivity index (χ1n) is 8.95. The Labute approximate surface area is 149 Å². The lowest BCUT2D eigenvalue weighted by Gasteiger charge is -2.38. The predicted molar refractivity (Wildman–Crippen MR) is 96.8 cm³/mol. The van der Waals surface area contributed by atoms with Crippen LogP contribution in [0.3, 0.4) is 0 Å². The summed E-state index contributed by atoms with van der Waals surface area (Å²) in [6, 6.07) is 5.92. The number of piperidine rings is 1. The molecule has 1 aromatic rings. The van der Waals surface area contributed by atoms with E-state index in [2.05, 4.69) is 11.8 Å². The molecule has 0 aliphatic carbocycles. The van der Waals surface area contributed by atoms with E-state index in [4.69, 9.17) is 16.3 Å². The van der Waals surface area contributed by atoms with Crippen LogP contribution in [0.5, 0.6) is 5.75 Å². The van der Waals surface area contributed by atoms with Gasteiger partial charge in [0.05, 0.1) is 12.5 Å². The highest BCUT2D eigenvalue weighted by Crippen LogP contribution is 2.37. The Morgan fingerprint density at radius 1 is 1.46 bits per heavy atom. The maximum Gasteiger partial charge on any atom is 0.307 e. The van der Waals surface area contributed by atoms with E-state index in [0.717, 1.165) is 50.0 Å². The van der Waals surface area contributed by atoms with E-state index >= 15 is 0 Å². The fraction of sp³-hybridized carbons (Fsp3) is 0.632. The molecule has 1 N–H and O–H groups in total. The summed E-state index contributed by atoms with van der Waals surface area (Å²) in [5.41, 5.74) is 1.09. The van der Waals surface area contributed by atoms with Crippen LogP contribution in [0.15, 0.2) is 18.2 Å². The molecule has 2 unspecified atom stereocenters. The highest BCUT2D eigenvalue weighted by molar-refractivity contribution is 6.30. The van der Waals surface area contributed by atoms with Crippen LogP contribution in [-0.2, 0) is 4.79 Å². The Balaban J connectivity index is 2.30. The average molecular weight is 354 g/mol. The van der Waals surface area contributed by atoms with Crippen LogP contribution < -0.4 is 4.74 Å². The molecule has 1 aliphatic heterocycles. The van der Waals surface area contributed by atoms with Crippen LogP contribution in [0.1, 0.15) is 57.6 Å². The van der Waals surface area contributed by atoms with Gasteiger partial charge in [0.25, 0.3) is 0 Å². The van der Waals surface area contributed by atoms with Crippen molar-refractivity contribution in [3.8, 4) is 5.75 Å². The van der Waals surface area contributed by atoms with Crippen molar-refractivity contribution < 1.29 is 14.6 Å². The highest BCUT2D eigenvalue weighted by atomic mass is 35.5. The number of carbonyl (C=O) groups is 1. The smallest absolute Gasteiger partial charge is 0.307 e. The van der Waals surface area contributed by atoms with Crippen molar-refractivity contribution in [1.82, 2.24) is 4.90 Å². The second-order valence-corrected chi connectivity index (χ2v) is 6.88. The lowest BCUT2D eigenvalue weighted by atomic mass is 9.92. The molecule has 2 rings (SSSR count). The minimum absolute atomic E-state index is 0.160. The molecule has 24 heavy (non-hydrogen) atoms. The van der Waals surface area contributed by atoms with Gasteiger partial charge in [-0.2, -0.15) is 0 Å². The van der Waals surface area contributed by atoms with Gasteiger partial charge in [-0.25, -0.2) is 0 Å². The number of likely N-dealkylation sites (tertiary alicyclic amines) is 1. The van der Waals surface area contributed by atoms with Crippen LogP contribution in [0.4, 0.5) is 0 Å². The fourth-order valence-electron chi connectivity index (χ4n) is 3.49. The minimum Gasteiger partial charge on any atom is -0.494 e. The first kappa shape index (κ1) is 19.1. The molecule has 5 heteroatoms. The van der Waals surface area contributed by atoms with E-state index in [1.807, 2.05) is 25.1 Å². The van der Waals surface area contributed by atoms with E-state index < -0.39 is 5.97 Å². The number of benzene rings is 1. The molecule has 1 fully saturated rings. The second-order valence-electron chi connectivity index (χ2n) is 6.45. The first-order valence-corrected chi connectivity index (χ1v) is 9.33. The number of halogens is 1. The van der Waals surface area contributed by atoms with E-state index in [0.29, 0.717) is 18.2 Å².